The number of benzene rings is 1. The third-order valence-electron chi connectivity index (χ3n) is 4.78. The van der Waals surface area contributed by atoms with E-state index in [0.29, 0.717) is 17.7 Å². The second-order valence-electron chi connectivity index (χ2n) is 8.21. The molecule has 0 aliphatic carbocycles. The van der Waals surface area contributed by atoms with Gasteiger partial charge in [0, 0.05) is 16.8 Å². The van der Waals surface area contributed by atoms with E-state index in [0.717, 1.165) is 17.0 Å². The van der Waals surface area contributed by atoms with E-state index in [2.05, 4.69) is 16.4 Å². The highest BCUT2D eigenvalue weighted by molar-refractivity contribution is 7.43. The second kappa shape index (κ2) is 11.5. The molecule has 0 aliphatic heterocycles. The molecule has 0 spiro atoms. The van der Waals surface area contributed by atoms with Gasteiger partial charge in [-0.2, -0.15) is 26.3 Å². The highest BCUT2D eigenvalue weighted by Gasteiger charge is 2.36. The molecule has 0 fully saturated rings. The van der Waals surface area contributed by atoms with Crippen LogP contribution in [0.25, 0.3) is 0 Å². The van der Waals surface area contributed by atoms with Crippen molar-refractivity contribution in [3.05, 3.63) is 56.8 Å². The molecule has 2 rings (SSSR count). The van der Waals surface area contributed by atoms with E-state index in [1.54, 1.807) is 19.1 Å². The molecule has 13 heteroatoms. The van der Waals surface area contributed by atoms with E-state index in [4.69, 9.17) is 5.73 Å². The fourth-order valence-electron chi connectivity index (χ4n) is 2.98. The molecular weight excluding hydrogens is 519 g/mol. The van der Waals surface area contributed by atoms with Gasteiger partial charge in [-0.1, -0.05) is 11.8 Å². The Labute approximate surface area is 202 Å². The summed E-state index contributed by atoms with van der Waals surface area (Å²) in [5.74, 6) is 5.75. The van der Waals surface area contributed by atoms with Crippen molar-refractivity contribution in [2.24, 2.45) is 5.73 Å². The van der Waals surface area contributed by atoms with Crippen molar-refractivity contribution in [3.63, 3.8) is 0 Å². The first-order chi connectivity index (χ1) is 15.9. The Morgan fingerprint density at radius 2 is 1.63 bits per heavy atom. The molecule has 1 atom stereocenters. The van der Waals surface area contributed by atoms with Gasteiger partial charge in [0.25, 0.3) is 0 Å². The summed E-state index contributed by atoms with van der Waals surface area (Å²) < 4.78 is 92.4. The molecule has 0 bridgehead atoms. The first kappa shape index (κ1) is 29.4. The Kier molecular flexibility index (Phi) is 9.61. The fourth-order valence-corrected chi connectivity index (χ4v) is 4.32. The Bertz CT molecular complexity index is 1080. The van der Waals surface area contributed by atoms with Crippen molar-refractivity contribution in [1.29, 1.82) is 0 Å². The average molecular weight is 541 g/mol. The predicted molar refractivity (Wildman–Crippen MR) is 115 cm³/mol. The van der Waals surface area contributed by atoms with Crippen LogP contribution >= 0.6 is 19.2 Å². The monoisotopic (exact) mass is 541 g/mol. The zero-order valence-electron chi connectivity index (χ0n) is 18.5. The highest BCUT2D eigenvalue weighted by Crippen LogP contribution is 2.36. The van der Waals surface area contributed by atoms with E-state index in [-0.39, 0.29) is 30.9 Å². The van der Waals surface area contributed by atoms with Crippen LogP contribution < -0.4 is 15.5 Å². The number of unbranched alkanes of at least 4 members (excludes halogenated alkanes) is 1. The summed E-state index contributed by atoms with van der Waals surface area (Å²) >= 11 is 1.36. The number of hydrogen-bond donors (Lipinski definition) is 1. The topological polar surface area (TPSA) is 98.4 Å². The lowest BCUT2D eigenvalue weighted by atomic mass is 9.98. The van der Waals surface area contributed by atoms with Crippen LogP contribution in [0.15, 0.2) is 30.3 Å². The van der Waals surface area contributed by atoms with Gasteiger partial charge in [0.05, 0.1) is 30.4 Å². The van der Waals surface area contributed by atoms with Gasteiger partial charge in [-0.3, -0.25) is 0 Å². The zero-order valence-corrected chi connectivity index (χ0v) is 20.2. The van der Waals surface area contributed by atoms with Gasteiger partial charge in [0.2, 0.25) is 0 Å². The van der Waals surface area contributed by atoms with Gasteiger partial charge < -0.3 is 24.6 Å². The van der Waals surface area contributed by atoms with Crippen molar-refractivity contribution in [2.75, 3.05) is 6.61 Å². The lowest BCUT2D eigenvalue weighted by Gasteiger charge is -2.33. The molecule has 2 N–H and O–H groups in total. The number of phosphoric ester groups is 1. The number of thiophene rings is 1. The summed E-state index contributed by atoms with van der Waals surface area (Å²) in [5.41, 5.74) is 2.16. The smallest absolute Gasteiger partial charge is 0.416 e. The molecule has 2 aromatic rings. The first-order valence-electron chi connectivity index (χ1n) is 10.3. The molecular formula is C22H22F6NO4PS-2. The number of aryl methyl sites for hydroxylation is 2. The van der Waals surface area contributed by atoms with Crippen LogP contribution in [-0.2, 0) is 34.3 Å². The minimum atomic E-state index is -5.11. The van der Waals surface area contributed by atoms with Crippen LogP contribution in [0.1, 0.15) is 52.6 Å². The molecule has 194 valence electrons. The zero-order chi connectivity index (χ0) is 26.5. The summed E-state index contributed by atoms with van der Waals surface area (Å²) in [5, 5.41) is 0. The van der Waals surface area contributed by atoms with Crippen LogP contribution in [0.2, 0.25) is 0 Å². The predicted octanol–water partition coefficient (Wildman–Crippen LogP) is 4.66. The molecule has 0 amide bonds. The maximum atomic E-state index is 12.9. The third kappa shape index (κ3) is 10.7. The summed E-state index contributed by atoms with van der Waals surface area (Å²) in [6.07, 6.45) is -8.37. The number of hydrogen-bond acceptors (Lipinski definition) is 6. The van der Waals surface area contributed by atoms with Crippen molar-refractivity contribution in [3.8, 4) is 11.8 Å². The molecule has 1 heterocycles. The largest absolute Gasteiger partial charge is 0.790 e. The molecule has 1 aromatic heterocycles. The van der Waals surface area contributed by atoms with Crippen LogP contribution in [0.4, 0.5) is 26.3 Å². The quantitative estimate of drug-likeness (QED) is 0.216. The Balaban J connectivity index is 1.90. The van der Waals surface area contributed by atoms with Crippen LogP contribution in [0, 0.1) is 11.8 Å². The minimum absolute atomic E-state index is 0.00811. The summed E-state index contributed by atoms with van der Waals surface area (Å²) in [6, 6.07) is 5.10. The van der Waals surface area contributed by atoms with Crippen molar-refractivity contribution < 1.29 is 45.2 Å². The van der Waals surface area contributed by atoms with E-state index in [1.165, 1.54) is 11.3 Å². The number of halogens is 6. The fraction of sp³-hybridized carbons (Fsp3) is 0.455. The van der Waals surface area contributed by atoms with Gasteiger partial charge in [-0.15, -0.1) is 11.3 Å². The Morgan fingerprint density at radius 3 is 2.17 bits per heavy atom. The molecule has 0 radical (unpaired) electrons. The average Bonchev–Trinajstić information content (AvgIpc) is 3.17. The van der Waals surface area contributed by atoms with Gasteiger partial charge in [-0.25, -0.2) is 0 Å². The SMILES string of the molecule is CC(N)(CCc1ccc(C#CCCCc2cc(C(F)(F)F)cc(C(F)(F)F)c2)s1)COP(=O)([O-])[O-]. The summed E-state index contributed by atoms with van der Waals surface area (Å²) in [7, 11) is -5.11. The number of rotatable bonds is 9. The highest BCUT2D eigenvalue weighted by atomic mass is 32.1. The van der Waals surface area contributed by atoms with E-state index in [9.17, 15) is 40.7 Å². The first-order valence-corrected chi connectivity index (χ1v) is 12.5. The summed E-state index contributed by atoms with van der Waals surface area (Å²) in [4.78, 5) is 22.8. The van der Waals surface area contributed by atoms with Crippen molar-refractivity contribution in [2.45, 2.75) is 56.9 Å². The van der Waals surface area contributed by atoms with Gasteiger partial charge in [0.15, 0.2) is 0 Å². The van der Waals surface area contributed by atoms with E-state index >= 15 is 0 Å². The van der Waals surface area contributed by atoms with E-state index in [1.807, 2.05) is 0 Å². The van der Waals surface area contributed by atoms with Crippen molar-refractivity contribution in [1.82, 2.24) is 0 Å². The molecule has 35 heavy (non-hydrogen) atoms. The third-order valence-corrected chi connectivity index (χ3v) is 6.29. The van der Waals surface area contributed by atoms with Gasteiger partial charge in [-0.05, 0) is 68.5 Å². The molecule has 0 saturated carbocycles. The van der Waals surface area contributed by atoms with Crippen LogP contribution in [0.3, 0.4) is 0 Å². The summed E-state index contributed by atoms with van der Waals surface area (Å²) in [6.45, 7) is 1.12. The minimum Gasteiger partial charge on any atom is -0.790 e. The van der Waals surface area contributed by atoms with Gasteiger partial charge >= 0.3 is 12.4 Å². The molecule has 0 saturated heterocycles. The lowest BCUT2D eigenvalue weighted by molar-refractivity contribution is -0.342. The lowest BCUT2D eigenvalue weighted by Crippen LogP contribution is -2.42. The van der Waals surface area contributed by atoms with Crippen LogP contribution in [-0.4, -0.2) is 12.1 Å². The maximum Gasteiger partial charge on any atom is 0.416 e. The van der Waals surface area contributed by atoms with Gasteiger partial charge in [0.1, 0.15) is 0 Å². The van der Waals surface area contributed by atoms with E-state index < -0.39 is 43.4 Å². The normalized spacial score (nSPS) is 14.3. The van der Waals surface area contributed by atoms with Crippen LogP contribution in [0.5, 0.6) is 0 Å². The molecule has 5 nitrogen and oxygen atoms in total. The number of phosphoric acid groups is 1. The molecule has 1 unspecified atom stereocenters. The molecule has 1 aromatic carbocycles. The standard InChI is InChI=1S/C22H24F6NO4PS/c1-20(29,14-33-34(30,31)32)10-9-19-8-7-18(35-19)6-4-2-3-5-15-11-16(21(23,24)25)13-17(12-15)22(26,27)28/h7-8,11-13H,2-3,5,9-10,14,29H2,1H3,(H2,30,31,32)/p-2. The number of nitrogens with two attached hydrogens (primary N) is 1. The maximum absolute atomic E-state index is 12.9. The number of alkyl halides is 6. The molecule has 0 aliphatic rings. The Morgan fingerprint density at radius 1 is 1.03 bits per heavy atom. The Hall–Kier alpha value is -1.87. The van der Waals surface area contributed by atoms with Crippen molar-refractivity contribution >= 4 is 19.2 Å². The second-order valence-corrected chi connectivity index (χ2v) is 10.5.